The molecule has 0 aromatic heterocycles. The van der Waals surface area contributed by atoms with Gasteiger partial charge in [-0.15, -0.1) is 11.6 Å². The Bertz CT molecular complexity index is 410. The number of benzene rings is 1. The van der Waals surface area contributed by atoms with Gasteiger partial charge in [-0.3, -0.25) is 0 Å². The Labute approximate surface area is 117 Å². The molecule has 1 aromatic rings. The van der Waals surface area contributed by atoms with Gasteiger partial charge >= 0.3 is 0 Å². The Kier molecular flexibility index (Phi) is 5.43. The Balaban J connectivity index is 2.00. The molecule has 1 aromatic carbocycles. The van der Waals surface area contributed by atoms with E-state index in [0.717, 1.165) is 18.7 Å². The van der Waals surface area contributed by atoms with Crippen LogP contribution in [0, 0.1) is 5.82 Å². The van der Waals surface area contributed by atoms with Crippen LogP contribution < -0.4 is 4.90 Å². The van der Waals surface area contributed by atoms with Gasteiger partial charge in [-0.1, -0.05) is 6.07 Å². The van der Waals surface area contributed by atoms with Crippen molar-refractivity contribution in [1.29, 1.82) is 0 Å². The first kappa shape index (κ1) is 14.6. The molecular formula is C14H19ClFNO2. The maximum absolute atomic E-state index is 14.1. The quantitative estimate of drug-likeness (QED) is 0.843. The fourth-order valence-corrected chi connectivity index (χ4v) is 2.33. The summed E-state index contributed by atoms with van der Waals surface area (Å²) in [5.41, 5.74) is 1.52. The fourth-order valence-electron chi connectivity index (χ4n) is 2.18. The number of alkyl halides is 1. The molecule has 1 N–H and O–H groups in total. The number of hydrogen-bond donors (Lipinski definition) is 1. The predicted molar refractivity (Wildman–Crippen MR) is 74.5 cm³/mol. The van der Waals surface area contributed by atoms with Crippen LogP contribution in [0.5, 0.6) is 0 Å². The first-order valence-electron chi connectivity index (χ1n) is 6.56. The van der Waals surface area contributed by atoms with E-state index >= 15 is 0 Å². The van der Waals surface area contributed by atoms with Crippen LogP contribution in [0.25, 0.3) is 0 Å². The molecule has 0 bridgehead atoms. The third kappa shape index (κ3) is 4.06. The third-order valence-electron chi connectivity index (χ3n) is 3.31. The highest BCUT2D eigenvalue weighted by Gasteiger charge is 2.15. The van der Waals surface area contributed by atoms with Crippen LogP contribution in [0.15, 0.2) is 18.2 Å². The van der Waals surface area contributed by atoms with Crippen LogP contribution in [0.4, 0.5) is 10.1 Å². The molecule has 0 spiro atoms. The van der Waals surface area contributed by atoms with Crippen molar-refractivity contribution in [3.63, 3.8) is 0 Å². The fraction of sp³-hybridized carbons (Fsp3) is 0.571. The van der Waals surface area contributed by atoms with Gasteiger partial charge in [0.05, 0.1) is 25.0 Å². The van der Waals surface area contributed by atoms with Crippen molar-refractivity contribution in [1.82, 2.24) is 0 Å². The summed E-state index contributed by atoms with van der Waals surface area (Å²) in [6, 6.07) is 5.27. The van der Waals surface area contributed by atoms with Crippen LogP contribution >= 0.6 is 11.6 Å². The lowest BCUT2D eigenvalue weighted by molar-refractivity contribution is 0.122. The van der Waals surface area contributed by atoms with Gasteiger partial charge in [0.15, 0.2) is 0 Å². The molecule has 19 heavy (non-hydrogen) atoms. The molecule has 0 amide bonds. The van der Waals surface area contributed by atoms with Crippen molar-refractivity contribution in [2.24, 2.45) is 0 Å². The number of aliphatic hydroxyl groups is 1. The largest absolute Gasteiger partial charge is 0.392 e. The first-order valence-corrected chi connectivity index (χ1v) is 7.09. The Morgan fingerprint density at radius 1 is 1.37 bits per heavy atom. The van der Waals surface area contributed by atoms with Crippen molar-refractivity contribution in [3.05, 3.63) is 29.6 Å². The van der Waals surface area contributed by atoms with Gasteiger partial charge in [0.1, 0.15) is 5.82 Å². The van der Waals surface area contributed by atoms with E-state index in [4.69, 9.17) is 16.3 Å². The minimum Gasteiger partial charge on any atom is -0.392 e. The number of morpholine rings is 1. The molecule has 1 atom stereocenters. The Hall–Kier alpha value is -0.840. The molecule has 2 rings (SSSR count). The average Bonchev–Trinajstić information content (AvgIpc) is 2.45. The van der Waals surface area contributed by atoms with Gasteiger partial charge in [-0.05, 0) is 30.5 Å². The number of aryl methyl sites for hydroxylation is 1. The minimum absolute atomic E-state index is 0.209. The van der Waals surface area contributed by atoms with Gasteiger partial charge in [0.2, 0.25) is 0 Å². The van der Waals surface area contributed by atoms with Gasteiger partial charge in [0.25, 0.3) is 0 Å². The van der Waals surface area contributed by atoms with Crippen LogP contribution in [-0.2, 0) is 11.2 Å². The molecular weight excluding hydrogens is 269 g/mol. The number of ether oxygens (including phenoxy) is 1. The Morgan fingerprint density at radius 3 is 2.74 bits per heavy atom. The van der Waals surface area contributed by atoms with Crippen LogP contribution in [-0.4, -0.2) is 43.4 Å². The van der Waals surface area contributed by atoms with E-state index in [1.807, 2.05) is 17.0 Å². The molecule has 1 fully saturated rings. The molecule has 0 saturated carbocycles. The molecule has 1 aliphatic rings. The molecule has 3 nitrogen and oxygen atoms in total. The van der Waals surface area contributed by atoms with Crippen LogP contribution in [0.1, 0.15) is 12.0 Å². The highest BCUT2D eigenvalue weighted by Crippen LogP contribution is 2.22. The number of anilines is 1. The number of halogens is 2. The number of aliphatic hydroxyl groups excluding tert-OH is 1. The van der Waals surface area contributed by atoms with Crippen molar-refractivity contribution >= 4 is 17.3 Å². The zero-order chi connectivity index (χ0) is 13.7. The molecule has 0 radical (unpaired) electrons. The van der Waals surface area contributed by atoms with E-state index in [9.17, 15) is 9.50 Å². The summed E-state index contributed by atoms with van der Waals surface area (Å²) in [4.78, 5) is 2.00. The van der Waals surface area contributed by atoms with Gasteiger partial charge in [-0.2, -0.15) is 0 Å². The second-order valence-electron chi connectivity index (χ2n) is 4.73. The molecule has 1 heterocycles. The summed E-state index contributed by atoms with van der Waals surface area (Å²) in [5, 5.41) is 9.40. The van der Waals surface area contributed by atoms with E-state index in [1.54, 1.807) is 6.07 Å². The van der Waals surface area contributed by atoms with Crippen molar-refractivity contribution in [3.8, 4) is 0 Å². The van der Waals surface area contributed by atoms with Crippen LogP contribution in [0.2, 0.25) is 0 Å². The van der Waals surface area contributed by atoms with E-state index in [-0.39, 0.29) is 11.7 Å². The summed E-state index contributed by atoms with van der Waals surface area (Å²) in [6.07, 6.45) is 0.664. The lowest BCUT2D eigenvalue weighted by Gasteiger charge is -2.29. The number of nitrogens with zero attached hydrogens (tertiary/aromatic N) is 1. The number of rotatable bonds is 5. The van der Waals surface area contributed by atoms with Crippen molar-refractivity contribution in [2.45, 2.75) is 18.9 Å². The molecule has 1 saturated heterocycles. The van der Waals surface area contributed by atoms with E-state index in [0.29, 0.717) is 31.7 Å². The summed E-state index contributed by atoms with van der Waals surface area (Å²) >= 11 is 5.53. The molecule has 1 aliphatic heterocycles. The molecule has 5 heteroatoms. The normalized spacial score (nSPS) is 17.5. The smallest absolute Gasteiger partial charge is 0.146 e. The zero-order valence-corrected chi connectivity index (χ0v) is 11.6. The van der Waals surface area contributed by atoms with Gasteiger partial charge in [-0.25, -0.2) is 4.39 Å². The predicted octanol–water partition coefficient (Wildman–Crippen LogP) is 2.19. The molecule has 0 aliphatic carbocycles. The average molecular weight is 288 g/mol. The zero-order valence-electron chi connectivity index (χ0n) is 10.8. The Morgan fingerprint density at radius 2 is 2.11 bits per heavy atom. The first-order chi connectivity index (χ1) is 9.20. The lowest BCUT2D eigenvalue weighted by Crippen LogP contribution is -2.36. The highest BCUT2D eigenvalue weighted by atomic mass is 35.5. The SMILES string of the molecule is O[C@@H](CCl)CCc1ccc(N2CCOCC2)c(F)c1. The number of hydrogen-bond acceptors (Lipinski definition) is 3. The lowest BCUT2D eigenvalue weighted by atomic mass is 10.1. The third-order valence-corrected chi connectivity index (χ3v) is 3.66. The topological polar surface area (TPSA) is 32.7 Å². The van der Waals surface area contributed by atoms with E-state index in [2.05, 4.69) is 0 Å². The second kappa shape index (κ2) is 7.08. The summed E-state index contributed by atoms with van der Waals surface area (Å²) in [7, 11) is 0. The molecule has 0 unspecified atom stereocenters. The van der Waals surface area contributed by atoms with Crippen LogP contribution in [0.3, 0.4) is 0 Å². The monoisotopic (exact) mass is 287 g/mol. The minimum atomic E-state index is -0.524. The highest BCUT2D eigenvalue weighted by molar-refractivity contribution is 6.18. The van der Waals surface area contributed by atoms with E-state index in [1.165, 1.54) is 0 Å². The second-order valence-corrected chi connectivity index (χ2v) is 5.04. The van der Waals surface area contributed by atoms with E-state index < -0.39 is 6.10 Å². The maximum Gasteiger partial charge on any atom is 0.146 e. The maximum atomic E-state index is 14.1. The van der Waals surface area contributed by atoms with Gasteiger partial charge < -0.3 is 14.7 Å². The standard InChI is InChI=1S/C14H19ClFNO2/c15-10-12(18)3-1-11-2-4-14(13(16)9-11)17-5-7-19-8-6-17/h2,4,9,12,18H,1,3,5-8,10H2/t12-/m1/s1. The summed E-state index contributed by atoms with van der Waals surface area (Å²) in [5.74, 6) is 0.00806. The van der Waals surface area contributed by atoms with Crippen molar-refractivity contribution in [2.75, 3.05) is 37.1 Å². The van der Waals surface area contributed by atoms with Gasteiger partial charge in [0, 0.05) is 19.0 Å². The summed E-state index contributed by atoms with van der Waals surface area (Å²) < 4.78 is 19.3. The molecule has 106 valence electrons. The van der Waals surface area contributed by atoms with Crippen molar-refractivity contribution < 1.29 is 14.2 Å². The summed E-state index contributed by atoms with van der Waals surface area (Å²) in [6.45, 7) is 2.73.